The molecular weight excluding hydrogens is 282 g/mol. The molecule has 19 heavy (non-hydrogen) atoms. The third-order valence-electron chi connectivity index (χ3n) is 3.44. The van der Waals surface area contributed by atoms with Crippen molar-refractivity contribution in [2.75, 3.05) is 6.54 Å². The van der Waals surface area contributed by atoms with E-state index in [1.807, 2.05) is 0 Å². The standard InChI is InChI=1S/C12H19N3O2S2/c1-2-6-14-12(10(16)17)5-3-4-9(7-12)18-11-13-8-15-19-11/h8-9,14H,2-7H2,1H3,(H,16,17). The third-order valence-corrected chi connectivity index (χ3v) is 5.45. The maximum absolute atomic E-state index is 11.6. The molecular formula is C12H19N3O2S2. The molecule has 1 aliphatic carbocycles. The lowest BCUT2D eigenvalue weighted by Gasteiger charge is -2.37. The Labute approximate surface area is 121 Å². The van der Waals surface area contributed by atoms with Gasteiger partial charge in [0, 0.05) is 5.25 Å². The summed E-state index contributed by atoms with van der Waals surface area (Å²) in [5.41, 5.74) is -0.753. The molecule has 1 aromatic rings. The lowest BCUT2D eigenvalue weighted by atomic mass is 9.81. The van der Waals surface area contributed by atoms with Crippen LogP contribution in [0.2, 0.25) is 0 Å². The Morgan fingerprint density at radius 2 is 2.58 bits per heavy atom. The van der Waals surface area contributed by atoms with E-state index < -0.39 is 11.5 Å². The normalized spacial score (nSPS) is 27.3. The Morgan fingerprint density at radius 1 is 1.74 bits per heavy atom. The summed E-state index contributed by atoms with van der Waals surface area (Å²) in [5, 5.41) is 13.1. The smallest absolute Gasteiger partial charge is 0.323 e. The molecule has 0 radical (unpaired) electrons. The molecule has 1 saturated carbocycles. The maximum Gasteiger partial charge on any atom is 0.323 e. The fourth-order valence-electron chi connectivity index (χ4n) is 2.48. The van der Waals surface area contributed by atoms with Gasteiger partial charge >= 0.3 is 5.97 Å². The van der Waals surface area contributed by atoms with Crippen molar-refractivity contribution >= 4 is 29.3 Å². The molecule has 0 aliphatic heterocycles. The summed E-state index contributed by atoms with van der Waals surface area (Å²) >= 11 is 3.04. The number of nitrogens with one attached hydrogen (secondary N) is 1. The highest BCUT2D eigenvalue weighted by Gasteiger charge is 2.42. The number of hydrogen-bond acceptors (Lipinski definition) is 6. The van der Waals surface area contributed by atoms with E-state index in [-0.39, 0.29) is 0 Å². The zero-order chi connectivity index (χ0) is 13.7. The molecule has 106 valence electrons. The topological polar surface area (TPSA) is 75.1 Å². The van der Waals surface area contributed by atoms with Crippen LogP contribution in [-0.4, -0.2) is 37.8 Å². The van der Waals surface area contributed by atoms with Crippen LogP contribution < -0.4 is 5.32 Å². The molecule has 0 amide bonds. The van der Waals surface area contributed by atoms with Crippen LogP contribution in [0.3, 0.4) is 0 Å². The number of carboxylic acids is 1. The third kappa shape index (κ3) is 3.67. The Morgan fingerprint density at radius 3 is 3.21 bits per heavy atom. The van der Waals surface area contributed by atoms with E-state index in [0.717, 1.165) is 36.6 Å². The van der Waals surface area contributed by atoms with E-state index in [1.165, 1.54) is 11.5 Å². The van der Waals surface area contributed by atoms with Gasteiger partial charge in [-0.15, -0.1) is 0 Å². The van der Waals surface area contributed by atoms with E-state index >= 15 is 0 Å². The van der Waals surface area contributed by atoms with Crippen molar-refractivity contribution < 1.29 is 9.90 Å². The first-order valence-corrected chi connectivity index (χ1v) is 8.23. The molecule has 7 heteroatoms. The summed E-state index contributed by atoms with van der Waals surface area (Å²) < 4.78 is 4.92. The lowest BCUT2D eigenvalue weighted by Crippen LogP contribution is -2.55. The molecule has 0 aromatic carbocycles. The minimum Gasteiger partial charge on any atom is -0.480 e. The molecule has 1 aromatic heterocycles. The minimum absolute atomic E-state index is 0.308. The Hall–Kier alpha value is -0.660. The van der Waals surface area contributed by atoms with Gasteiger partial charge in [-0.25, -0.2) is 4.98 Å². The summed E-state index contributed by atoms with van der Waals surface area (Å²) in [7, 11) is 0. The number of rotatable bonds is 6. The molecule has 1 fully saturated rings. The van der Waals surface area contributed by atoms with Crippen LogP contribution in [0.1, 0.15) is 39.0 Å². The first-order valence-electron chi connectivity index (χ1n) is 6.58. The minimum atomic E-state index is -0.753. The fraction of sp³-hybridized carbons (Fsp3) is 0.750. The van der Waals surface area contributed by atoms with Crippen molar-refractivity contribution in [3.05, 3.63) is 6.33 Å². The number of carbonyl (C=O) groups is 1. The van der Waals surface area contributed by atoms with Gasteiger partial charge < -0.3 is 10.4 Å². The second-order valence-corrected chi connectivity index (χ2v) is 7.18. The second kappa shape index (κ2) is 6.67. The summed E-state index contributed by atoms with van der Waals surface area (Å²) in [4.78, 5) is 15.8. The van der Waals surface area contributed by atoms with Gasteiger partial charge in [-0.3, -0.25) is 4.79 Å². The number of hydrogen-bond donors (Lipinski definition) is 2. The zero-order valence-electron chi connectivity index (χ0n) is 11.0. The molecule has 0 spiro atoms. The highest BCUT2D eigenvalue weighted by atomic mass is 32.2. The molecule has 1 heterocycles. The molecule has 1 aliphatic rings. The van der Waals surface area contributed by atoms with Gasteiger partial charge in [0.1, 0.15) is 11.9 Å². The summed E-state index contributed by atoms with van der Waals surface area (Å²) in [6.45, 7) is 2.81. The van der Waals surface area contributed by atoms with Crippen molar-refractivity contribution in [2.45, 2.75) is 54.2 Å². The van der Waals surface area contributed by atoms with E-state index in [4.69, 9.17) is 0 Å². The molecule has 2 rings (SSSR count). The van der Waals surface area contributed by atoms with Crippen molar-refractivity contribution in [1.82, 2.24) is 14.7 Å². The van der Waals surface area contributed by atoms with Crippen LogP contribution >= 0.6 is 23.3 Å². The van der Waals surface area contributed by atoms with E-state index in [0.29, 0.717) is 11.7 Å². The first kappa shape index (κ1) is 14.7. The Kier molecular flexibility index (Phi) is 5.18. The van der Waals surface area contributed by atoms with Crippen LogP contribution in [0.4, 0.5) is 0 Å². The van der Waals surface area contributed by atoms with Crippen molar-refractivity contribution in [1.29, 1.82) is 0 Å². The van der Waals surface area contributed by atoms with Crippen molar-refractivity contribution in [3.63, 3.8) is 0 Å². The van der Waals surface area contributed by atoms with Crippen LogP contribution in [0, 0.1) is 0 Å². The second-order valence-electron chi connectivity index (χ2n) is 4.86. The fourth-order valence-corrected chi connectivity index (χ4v) is 4.51. The van der Waals surface area contributed by atoms with Gasteiger partial charge in [0.15, 0.2) is 4.34 Å². The Bertz CT molecular complexity index is 413. The van der Waals surface area contributed by atoms with Gasteiger partial charge in [0.2, 0.25) is 0 Å². The SMILES string of the molecule is CCCNC1(C(=O)O)CCCC(Sc2ncns2)C1. The van der Waals surface area contributed by atoms with Crippen LogP contribution in [0.5, 0.6) is 0 Å². The van der Waals surface area contributed by atoms with E-state index in [9.17, 15) is 9.90 Å². The molecule has 5 nitrogen and oxygen atoms in total. The monoisotopic (exact) mass is 301 g/mol. The molecule has 0 bridgehead atoms. The Balaban J connectivity index is 2.02. The predicted molar refractivity (Wildman–Crippen MR) is 76.7 cm³/mol. The number of nitrogens with zero attached hydrogens (tertiary/aromatic N) is 2. The van der Waals surface area contributed by atoms with Gasteiger partial charge in [-0.05, 0) is 50.2 Å². The zero-order valence-corrected chi connectivity index (χ0v) is 12.6. The summed E-state index contributed by atoms with van der Waals surface area (Å²) in [5.74, 6) is -0.719. The van der Waals surface area contributed by atoms with Gasteiger partial charge in [0.05, 0.1) is 0 Å². The molecule has 2 N–H and O–H groups in total. The van der Waals surface area contributed by atoms with E-state index in [2.05, 4.69) is 21.6 Å². The largest absolute Gasteiger partial charge is 0.480 e. The number of aromatic nitrogens is 2. The summed E-state index contributed by atoms with van der Waals surface area (Å²) in [6.07, 6.45) is 5.87. The average molecular weight is 301 g/mol. The number of aliphatic carboxylic acids is 1. The van der Waals surface area contributed by atoms with Crippen LogP contribution in [0.25, 0.3) is 0 Å². The maximum atomic E-state index is 11.6. The number of thioether (sulfide) groups is 1. The highest BCUT2D eigenvalue weighted by molar-refractivity contribution is 8.01. The van der Waals surface area contributed by atoms with Crippen LogP contribution in [-0.2, 0) is 4.79 Å². The van der Waals surface area contributed by atoms with Gasteiger partial charge in [-0.1, -0.05) is 18.7 Å². The van der Waals surface area contributed by atoms with E-state index in [1.54, 1.807) is 18.1 Å². The van der Waals surface area contributed by atoms with Gasteiger partial charge in [-0.2, -0.15) is 4.37 Å². The number of carboxylic acid groups (broad SMARTS) is 1. The van der Waals surface area contributed by atoms with Crippen molar-refractivity contribution in [2.24, 2.45) is 0 Å². The molecule has 0 saturated heterocycles. The van der Waals surface area contributed by atoms with Crippen molar-refractivity contribution in [3.8, 4) is 0 Å². The molecule has 2 atom stereocenters. The average Bonchev–Trinajstić information content (AvgIpc) is 2.89. The first-order chi connectivity index (χ1) is 9.16. The van der Waals surface area contributed by atoms with Crippen LogP contribution in [0.15, 0.2) is 10.7 Å². The quantitative estimate of drug-likeness (QED) is 0.840. The predicted octanol–water partition coefficient (Wildman–Crippen LogP) is 2.40. The lowest BCUT2D eigenvalue weighted by molar-refractivity contribution is -0.146. The van der Waals surface area contributed by atoms with Gasteiger partial charge in [0.25, 0.3) is 0 Å². The summed E-state index contributed by atoms with van der Waals surface area (Å²) in [6, 6.07) is 0. The highest BCUT2D eigenvalue weighted by Crippen LogP contribution is 2.38. The molecule has 2 unspecified atom stereocenters.